The summed E-state index contributed by atoms with van der Waals surface area (Å²) in [6.45, 7) is 9.05. The van der Waals surface area contributed by atoms with Crippen molar-refractivity contribution in [1.82, 2.24) is 4.90 Å². The van der Waals surface area contributed by atoms with Crippen LogP contribution in [0.1, 0.15) is 45.5 Å². The molecule has 1 amide bonds. The van der Waals surface area contributed by atoms with Crippen molar-refractivity contribution in [3.05, 3.63) is 58.1 Å². The standard InChI is InChI=1S/C21H26N2O3S/c1-14-11-16(3)20(17(4)12-14)22-27(25,26)18-8-7-15(2)19(13-18)21(24)23-9-5-6-10-23/h7-8,11-13,22H,5-6,9-10H2,1-4H3. The number of rotatable bonds is 4. The van der Waals surface area contributed by atoms with Gasteiger partial charge in [0.1, 0.15) is 0 Å². The molecule has 2 aromatic rings. The molecule has 0 aromatic heterocycles. The lowest BCUT2D eigenvalue weighted by Gasteiger charge is -2.18. The molecule has 144 valence electrons. The van der Waals surface area contributed by atoms with Crippen LogP contribution in [0.4, 0.5) is 5.69 Å². The highest BCUT2D eigenvalue weighted by Gasteiger charge is 2.24. The van der Waals surface area contributed by atoms with Crippen LogP contribution >= 0.6 is 0 Å². The van der Waals surface area contributed by atoms with Gasteiger partial charge in [0, 0.05) is 18.7 Å². The van der Waals surface area contributed by atoms with Crippen LogP contribution in [0.3, 0.4) is 0 Å². The summed E-state index contributed by atoms with van der Waals surface area (Å²) in [5.41, 5.74) is 4.66. The lowest BCUT2D eigenvalue weighted by molar-refractivity contribution is 0.0792. The second kappa shape index (κ2) is 7.35. The number of hydrogen-bond acceptors (Lipinski definition) is 3. The maximum Gasteiger partial charge on any atom is 0.261 e. The Morgan fingerprint density at radius 2 is 1.52 bits per heavy atom. The lowest BCUT2D eigenvalue weighted by atomic mass is 10.1. The molecule has 0 saturated carbocycles. The number of hydrogen-bond donors (Lipinski definition) is 1. The van der Waals surface area contributed by atoms with Crippen LogP contribution in [0.2, 0.25) is 0 Å². The maximum absolute atomic E-state index is 13.0. The number of amides is 1. The zero-order valence-corrected chi connectivity index (χ0v) is 17.1. The van der Waals surface area contributed by atoms with Crippen molar-refractivity contribution in [3.8, 4) is 0 Å². The van der Waals surface area contributed by atoms with Gasteiger partial charge < -0.3 is 4.90 Å². The first-order valence-corrected chi connectivity index (χ1v) is 10.7. The van der Waals surface area contributed by atoms with Gasteiger partial charge >= 0.3 is 0 Å². The van der Waals surface area contributed by atoms with Crippen molar-refractivity contribution >= 4 is 21.6 Å². The number of anilines is 1. The summed E-state index contributed by atoms with van der Waals surface area (Å²) in [4.78, 5) is 14.7. The van der Waals surface area contributed by atoms with Crippen LogP contribution in [0.25, 0.3) is 0 Å². The SMILES string of the molecule is Cc1cc(C)c(NS(=O)(=O)c2ccc(C)c(C(=O)N3CCCC3)c2)c(C)c1. The normalized spacial score (nSPS) is 14.4. The van der Waals surface area contributed by atoms with Gasteiger partial charge in [-0.05, 0) is 69.4 Å². The van der Waals surface area contributed by atoms with Gasteiger partial charge in [0.15, 0.2) is 0 Å². The fraction of sp³-hybridized carbons (Fsp3) is 0.381. The summed E-state index contributed by atoms with van der Waals surface area (Å²) in [5, 5.41) is 0. The third kappa shape index (κ3) is 4.00. The van der Waals surface area contributed by atoms with E-state index in [0.29, 0.717) is 11.3 Å². The Hall–Kier alpha value is -2.34. The quantitative estimate of drug-likeness (QED) is 0.865. The second-order valence-corrected chi connectivity index (χ2v) is 9.04. The summed E-state index contributed by atoms with van der Waals surface area (Å²) in [5.74, 6) is -0.0928. The van der Waals surface area contributed by atoms with Gasteiger partial charge in [-0.25, -0.2) is 8.42 Å². The van der Waals surface area contributed by atoms with Crippen molar-refractivity contribution < 1.29 is 13.2 Å². The smallest absolute Gasteiger partial charge is 0.261 e. The number of likely N-dealkylation sites (tertiary alicyclic amines) is 1. The molecule has 5 nitrogen and oxygen atoms in total. The van der Waals surface area contributed by atoms with Crippen molar-refractivity contribution in [1.29, 1.82) is 0 Å². The molecule has 1 N–H and O–H groups in total. The number of carbonyl (C=O) groups is 1. The molecule has 1 aliphatic heterocycles. The predicted octanol–water partition coefficient (Wildman–Crippen LogP) is 3.96. The van der Waals surface area contributed by atoms with Gasteiger partial charge in [0.05, 0.1) is 10.6 Å². The molecule has 1 saturated heterocycles. The third-order valence-corrected chi connectivity index (χ3v) is 6.40. The highest BCUT2D eigenvalue weighted by molar-refractivity contribution is 7.92. The minimum Gasteiger partial charge on any atom is -0.339 e. The summed E-state index contributed by atoms with van der Waals surface area (Å²) in [6.07, 6.45) is 1.99. The first-order valence-electron chi connectivity index (χ1n) is 9.19. The molecule has 0 unspecified atom stereocenters. The van der Waals surface area contributed by atoms with E-state index >= 15 is 0 Å². The second-order valence-electron chi connectivity index (χ2n) is 7.36. The molecule has 1 aliphatic rings. The number of aryl methyl sites for hydroxylation is 4. The van der Waals surface area contributed by atoms with E-state index in [1.165, 1.54) is 6.07 Å². The summed E-state index contributed by atoms with van der Waals surface area (Å²) in [6, 6.07) is 8.64. The van der Waals surface area contributed by atoms with E-state index in [1.54, 1.807) is 17.0 Å². The minimum absolute atomic E-state index is 0.0928. The number of sulfonamides is 1. The number of nitrogens with one attached hydrogen (secondary N) is 1. The average molecular weight is 387 g/mol. The Balaban J connectivity index is 1.96. The Morgan fingerprint density at radius 3 is 2.11 bits per heavy atom. The zero-order valence-electron chi connectivity index (χ0n) is 16.3. The van der Waals surface area contributed by atoms with Crippen LogP contribution in [0.5, 0.6) is 0 Å². The average Bonchev–Trinajstić information content (AvgIpc) is 3.12. The topological polar surface area (TPSA) is 66.5 Å². The zero-order chi connectivity index (χ0) is 19.8. The Morgan fingerprint density at radius 1 is 0.926 bits per heavy atom. The molecule has 0 radical (unpaired) electrons. The molecule has 1 fully saturated rings. The first-order chi connectivity index (χ1) is 12.7. The summed E-state index contributed by atoms with van der Waals surface area (Å²) >= 11 is 0. The number of benzene rings is 2. The van der Waals surface area contributed by atoms with E-state index in [9.17, 15) is 13.2 Å². The van der Waals surface area contributed by atoms with E-state index in [2.05, 4.69) is 4.72 Å². The molecular formula is C21H26N2O3S. The predicted molar refractivity (Wildman–Crippen MR) is 108 cm³/mol. The van der Waals surface area contributed by atoms with Crippen molar-refractivity contribution in [2.24, 2.45) is 0 Å². The van der Waals surface area contributed by atoms with Gasteiger partial charge in [-0.1, -0.05) is 23.8 Å². The highest BCUT2D eigenvalue weighted by Crippen LogP contribution is 2.26. The van der Waals surface area contributed by atoms with Crippen LogP contribution in [-0.4, -0.2) is 32.3 Å². The van der Waals surface area contributed by atoms with Crippen molar-refractivity contribution in [2.45, 2.75) is 45.4 Å². The summed E-state index contributed by atoms with van der Waals surface area (Å²) in [7, 11) is -3.79. The molecule has 3 rings (SSSR count). The molecule has 0 bridgehead atoms. The van der Waals surface area contributed by atoms with E-state index in [-0.39, 0.29) is 10.8 Å². The molecule has 2 aromatic carbocycles. The molecule has 6 heteroatoms. The Bertz CT molecular complexity index is 967. The monoisotopic (exact) mass is 386 g/mol. The highest BCUT2D eigenvalue weighted by atomic mass is 32.2. The molecular weight excluding hydrogens is 360 g/mol. The third-order valence-electron chi connectivity index (χ3n) is 5.06. The van der Waals surface area contributed by atoms with E-state index in [0.717, 1.165) is 48.2 Å². The Kier molecular flexibility index (Phi) is 5.29. The minimum atomic E-state index is -3.79. The molecule has 0 spiro atoms. The van der Waals surface area contributed by atoms with Gasteiger partial charge in [-0.3, -0.25) is 9.52 Å². The lowest BCUT2D eigenvalue weighted by Crippen LogP contribution is -2.28. The molecule has 27 heavy (non-hydrogen) atoms. The first kappa shape index (κ1) is 19.4. The van der Waals surface area contributed by atoms with Gasteiger partial charge in [-0.2, -0.15) is 0 Å². The number of carbonyl (C=O) groups excluding carboxylic acids is 1. The fourth-order valence-corrected chi connectivity index (χ4v) is 4.85. The van der Waals surface area contributed by atoms with E-state index in [4.69, 9.17) is 0 Å². The molecule has 0 aliphatic carbocycles. The fourth-order valence-electron chi connectivity index (χ4n) is 3.62. The van der Waals surface area contributed by atoms with Gasteiger partial charge in [-0.15, -0.1) is 0 Å². The Labute approximate surface area is 161 Å². The van der Waals surface area contributed by atoms with Gasteiger partial charge in [0.25, 0.3) is 15.9 Å². The number of nitrogens with zero attached hydrogens (tertiary/aromatic N) is 1. The van der Waals surface area contributed by atoms with Crippen LogP contribution < -0.4 is 4.72 Å². The summed E-state index contributed by atoms with van der Waals surface area (Å²) < 4.78 is 28.6. The van der Waals surface area contributed by atoms with Crippen molar-refractivity contribution in [2.75, 3.05) is 17.8 Å². The van der Waals surface area contributed by atoms with Crippen molar-refractivity contribution in [3.63, 3.8) is 0 Å². The largest absolute Gasteiger partial charge is 0.339 e. The van der Waals surface area contributed by atoms with Gasteiger partial charge in [0.2, 0.25) is 0 Å². The molecule has 0 atom stereocenters. The maximum atomic E-state index is 13.0. The van der Waals surface area contributed by atoms with Crippen LogP contribution in [0.15, 0.2) is 35.2 Å². The molecule has 1 heterocycles. The van der Waals surface area contributed by atoms with E-state index in [1.807, 2.05) is 39.8 Å². The van der Waals surface area contributed by atoms with Crippen LogP contribution in [-0.2, 0) is 10.0 Å². The van der Waals surface area contributed by atoms with Crippen LogP contribution in [0, 0.1) is 27.7 Å². The van der Waals surface area contributed by atoms with E-state index < -0.39 is 10.0 Å².